The highest BCUT2D eigenvalue weighted by Crippen LogP contribution is 2.21. The molecule has 0 aliphatic rings. The van der Waals surface area contributed by atoms with Crippen LogP contribution in [0.1, 0.15) is 24.7 Å². The summed E-state index contributed by atoms with van der Waals surface area (Å²) in [5.41, 5.74) is 1.81. The number of methoxy groups -OCH3 is 1. The number of hydrogen-bond donors (Lipinski definition) is 0. The highest BCUT2D eigenvalue weighted by molar-refractivity contribution is 6.31. The van der Waals surface area contributed by atoms with Gasteiger partial charge in [0.2, 0.25) is 0 Å². The lowest BCUT2D eigenvalue weighted by molar-refractivity contribution is -0.122. The highest BCUT2D eigenvalue weighted by atomic mass is 35.5. The fourth-order valence-corrected chi connectivity index (χ4v) is 1.97. The summed E-state index contributed by atoms with van der Waals surface area (Å²) in [5, 5.41) is 4.98. The molecule has 0 atom stereocenters. The summed E-state index contributed by atoms with van der Waals surface area (Å²) < 4.78 is 6.53. The van der Waals surface area contributed by atoms with Crippen LogP contribution >= 0.6 is 11.6 Å². The van der Waals surface area contributed by atoms with Crippen LogP contribution in [0.3, 0.4) is 0 Å². The number of aryl methyl sites for hydroxylation is 2. The zero-order chi connectivity index (χ0) is 12.1. The predicted molar refractivity (Wildman–Crippen MR) is 62.8 cm³/mol. The molecule has 1 aromatic heterocycles. The molecule has 0 saturated carbocycles. The zero-order valence-electron chi connectivity index (χ0n) is 9.92. The molecule has 0 spiro atoms. The van der Waals surface area contributed by atoms with Crippen LogP contribution in [-0.4, -0.2) is 29.3 Å². The minimum absolute atomic E-state index is 0.0813. The third-order valence-electron chi connectivity index (χ3n) is 2.45. The summed E-state index contributed by atoms with van der Waals surface area (Å²) in [4.78, 5) is 11.3. The summed E-state index contributed by atoms with van der Waals surface area (Å²) in [7, 11) is 3.37. The van der Waals surface area contributed by atoms with Crippen molar-refractivity contribution in [2.75, 3.05) is 13.7 Å². The van der Waals surface area contributed by atoms with E-state index in [9.17, 15) is 4.79 Å². The molecular formula is C11H17ClN2O2. The van der Waals surface area contributed by atoms with Crippen molar-refractivity contribution in [1.29, 1.82) is 0 Å². The van der Waals surface area contributed by atoms with Gasteiger partial charge in [-0.3, -0.25) is 9.48 Å². The minimum Gasteiger partial charge on any atom is -0.377 e. The van der Waals surface area contributed by atoms with E-state index in [-0.39, 0.29) is 12.4 Å². The standard InChI is InChI=1S/C11H17ClN2O2/c1-4-9-11(12)10(14(2)13-9)6-5-8(15)7-16-3/h4-7H2,1-3H3. The van der Waals surface area contributed by atoms with Gasteiger partial charge in [0.1, 0.15) is 6.61 Å². The Bertz CT molecular complexity index is 374. The van der Waals surface area contributed by atoms with Crippen molar-refractivity contribution < 1.29 is 9.53 Å². The van der Waals surface area contributed by atoms with E-state index in [1.54, 1.807) is 4.68 Å². The second kappa shape index (κ2) is 6.01. The topological polar surface area (TPSA) is 44.1 Å². The summed E-state index contributed by atoms with van der Waals surface area (Å²) in [6, 6.07) is 0. The lowest BCUT2D eigenvalue weighted by Crippen LogP contribution is -2.09. The number of aromatic nitrogens is 2. The summed E-state index contributed by atoms with van der Waals surface area (Å²) in [5.74, 6) is 0.0813. The van der Waals surface area contributed by atoms with Gasteiger partial charge in [-0.2, -0.15) is 5.10 Å². The van der Waals surface area contributed by atoms with Crippen LogP contribution in [0.15, 0.2) is 0 Å². The van der Waals surface area contributed by atoms with Gasteiger partial charge < -0.3 is 4.74 Å². The Morgan fingerprint density at radius 2 is 2.25 bits per heavy atom. The van der Waals surface area contributed by atoms with E-state index in [4.69, 9.17) is 16.3 Å². The van der Waals surface area contributed by atoms with Crippen LogP contribution in [0.4, 0.5) is 0 Å². The molecule has 1 heterocycles. The average Bonchev–Trinajstić information content (AvgIpc) is 2.52. The van der Waals surface area contributed by atoms with Crippen molar-refractivity contribution in [2.45, 2.75) is 26.2 Å². The Morgan fingerprint density at radius 3 is 2.75 bits per heavy atom. The van der Waals surface area contributed by atoms with E-state index in [0.29, 0.717) is 17.9 Å². The predicted octanol–water partition coefficient (Wildman–Crippen LogP) is 1.78. The van der Waals surface area contributed by atoms with Gasteiger partial charge in [0.15, 0.2) is 5.78 Å². The van der Waals surface area contributed by atoms with Crippen molar-refractivity contribution in [2.24, 2.45) is 7.05 Å². The number of Topliss-reactive ketones (excluding diaryl/α,β-unsaturated/α-hetero) is 1. The third-order valence-corrected chi connectivity index (χ3v) is 2.89. The van der Waals surface area contributed by atoms with Gasteiger partial charge in [-0.05, 0) is 12.8 Å². The van der Waals surface area contributed by atoms with Crippen molar-refractivity contribution in [3.05, 3.63) is 16.4 Å². The first-order valence-electron chi connectivity index (χ1n) is 5.31. The van der Waals surface area contributed by atoms with E-state index in [1.165, 1.54) is 7.11 Å². The van der Waals surface area contributed by atoms with Crippen LogP contribution in [0, 0.1) is 0 Å². The number of rotatable bonds is 6. The molecule has 16 heavy (non-hydrogen) atoms. The van der Waals surface area contributed by atoms with E-state index >= 15 is 0 Å². The normalized spacial score (nSPS) is 10.8. The Morgan fingerprint density at radius 1 is 1.56 bits per heavy atom. The van der Waals surface area contributed by atoms with Crippen LogP contribution in [0.5, 0.6) is 0 Å². The quantitative estimate of drug-likeness (QED) is 0.766. The maximum Gasteiger partial charge on any atom is 0.158 e. The van der Waals surface area contributed by atoms with Gasteiger partial charge in [-0.15, -0.1) is 0 Å². The van der Waals surface area contributed by atoms with Gasteiger partial charge in [-0.25, -0.2) is 0 Å². The molecule has 0 aliphatic heterocycles. The van der Waals surface area contributed by atoms with Crippen LogP contribution in [0.25, 0.3) is 0 Å². The van der Waals surface area contributed by atoms with Crippen molar-refractivity contribution in [3.8, 4) is 0 Å². The zero-order valence-corrected chi connectivity index (χ0v) is 10.7. The third kappa shape index (κ3) is 3.06. The molecule has 5 heteroatoms. The maximum atomic E-state index is 11.3. The summed E-state index contributed by atoms with van der Waals surface area (Å²) in [6.07, 6.45) is 1.86. The second-order valence-electron chi connectivity index (χ2n) is 3.66. The van der Waals surface area contributed by atoms with Gasteiger partial charge in [0.25, 0.3) is 0 Å². The van der Waals surface area contributed by atoms with Gasteiger partial charge in [0.05, 0.1) is 16.4 Å². The molecule has 0 fully saturated rings. The van der Waals surface area contributed by atoms with Gasteiger partial charge in [-0.1, -0.05) is 18.5 Å². The first kappa shape index (κ1) is 13.2. The Balaban J connectivity index is 2.66. The van der Waals surface area contributed by atoms with Crippen LogP contribution in [0.2, 0.25) is 5.02 Å². The van der Waals surface area contributed by atoms with Crippen molar-refractivity contribution >= 4 is 17.4 Å². The average molecular weight is 245 g/mol. The number of halogens is 1. The first-order chi connectivity index (χ1) is 7.60. The van der Waals surface area contributed by atoms with Crippen molar-refractivity contribution in [1.82, 2.24) is 9.78 Å². The molecule has 0 radical (unpaired) electrons. The minimum atomic E-state index is 0.0813. The SMILES string of the molecule is CCc1nn(C)c(CCC(=O)COC)c1Cl. The number of carbonyl (C=O) groups is 1. The monoisotopic (exact) mass is 244 g/mol. The number of carbonyl (C=O) groups excluding carboxylic acids is 1. The molecular weight excluding hydrogens is 228 g/mol. The Labute approximate surface area is 101 Å². The first-order valence-corrected chi connectivity index (χ1v) is 5.68. The van der Waals surface area contributed by atoms with E-state index in [1.807, 2.05) is 14.0 Å². The Hall–Kier alpha value is -0.870. The molecule has 1 rings (SSSR count). The lowest BCUT2D eigenvalue weighted by Gasteiger charge is -2.02. The molecule has 0 N–H and O–H groups in total. The molecule has 4 nitrogen and oxygen atoms in total. The van der Waals surface area contributed by atoms with Crippen molar-refractivity contribution in [3.63, 3.8) is 0 Å². The van der Waals surface area contributed by atoms with Crippen LogP contribution < -0.4 is 0 Å². The van der Waals surface area contributed by atoms with E-state index in [0.717, 1.165) is 17.8 Å². The summed E-state index contributed by atoms with van der Waals surface area (Å²) in [6.45, 7) is 2.17. The molecule has 90 valence electrons. The molecule has 0 saturated heterocycles. The number of ketones is 1. The smallest absolute Gasteiger partial charge is 0.158 e. The Kier molecular flexibility index (Phi) is 4.96. The fourth-order valence-electron chi connectivity index (χ4n) is 1.58. The fraction of sp³-hybridized carbons (Fsp3) is 0.636. The van der Waals surface area contributed by atoms with Gasteiger partial charge in [0, 0.05) is 20.6 Å². The lowest BCUT2D eigenvalue weighted by atomic mass is 10.1. The number of hydrogen-bond acceptors (Lipinski definition) is 3. The highest BCUT2D eigenvalue weighted by Gasteiger charge is 2.13. The molecule has 0 bridgehead atoms. The van der Waals surface area contributed by atoms with Crippen LogP contribution in [-0.2, 0) is 29.4 Å². The number of nitrogens with zero attached hydrogens (tertiary/aromatic N) is 2. The second-order valence-corrected chi connectivity index (χ2v) is 4.03. The maximum absolute atomic E-state index is 11.3. The van der Waals surface area contributed by atoms with E-state index in [2.05, 4.69) is 5.10 Å². The largest absolute Gasteiger partial charge is 0.377 e. The molecule has 0 unspecified atom stereocenters. The van der Waals surface area contributed by atoms with Gasteiger partial charge >= 0.3 is 0 Å². The summed E-state index contributed by atoms with van der Waals surface area (Å²) >= 11 is 6.16. The molecule has 0 aromatic carbocycles. The molecule has 0 amide bonds. The van der Waals surface area contributed by atoms with E-state index < -0.39 is 0 Å². The number of ether oxygens (including phenoxy) is 1. The molecule has 0 aliphatic carbocycles. The molecule has 1 aromatic rings.